The molecule has 2 N–H and O–H groups in total. The second kappa shape index (κ2) is 12.3. The highest BCUT2D eigenvalue weighted by molar-refractivity contribution is 7.92. The van der Waals surface area contributed by atoms with Gasteiger partial charge in [0.1, 0.15) is 11.3 Å². The molecule has 3 aromatic rings. The number of amides is 1. The number of carbonyl (C=O) groups is 1. The number of nitrogens with one attached hydrogen (secondary N) is 2. The molecule has 0 radical (unpaired) electrons. The molecule has 9 heteroatoms. The van der Waals surface area contributed by atoms with Crippen molar-refractivity contribution in [1.29, 1.82) is 0 Å². The van der Waals surface area contributed by atoms with E-state index in [2.05, 4.69) is 28.9 Å². The van der Waals surface area contributed by atoms with Crippen LogP contribution in [0.1, 0.15) is 36.2 Å². The monoisotopic (exact) mass is 497 g/mol. The molecule has 1 aromatic heterocycles. The molecule has 0 saturated heterocycles. The Morgan fingerprint density at radius 3 is 2.54 bits per heavy atom. The average Bonchev–Trinajstić information content (AvgIpc) is 2.82. The Balaban J connectivity index is 1.71. The van der Waals surface area contributed by atoms with E-state index in [-0.39, 0.29) is 22.2 Å². The van der Waals surface area contributed by atoms with Gasteiger partial charge in [0.15, 0.2) is 0 Å². The Morgan fingerprint density at radius 1 is 1.06 bits per heavy atom. The topological polar surface area (TPSA) is 107 Å². The third kappa shape index (κ3) is 7.80. The molecule has 0 aliphatic heterocycles. The summed E-state index contributed by atoms with van der Waals surface area (Å²) in [6.45, 7) is 5.23. The molecule has 0 fully saturated rings. The largest absolute Gasteiger partial charge is 0.438 e. The summed E-state index contributed by atoms with van der Waals surface area (Å²) in [5.74, 6) is 0.628. The highest BCUT2D eigenvalue weighted by Crippen LogP contribution is 2.27. The Morgan fingerprint density at radius 2 is 1.83 bits per heavy atom. The van der Waals surface area contributed by atoms with Crippen LogP contribution in [0.5, 0.6) is 11.6 Å². The zero-order valence-electron chi connectivity index (χ0n) is 20.2. The van der Waals surface area contributed by atoms with Gasteiger partial charge in [0.25, 0.3) is 15.9 Å². The lowest BCUT2D eigenvalue weighted by molar-refractivity contribution is 0.0945. The molecule has 0 unspecified atom stereocenters. The number of aromatic nitrogens is 1. The smallest absolute Gasteiger partial charge is 0.261 e. The second-order valence-corrected chi connectivity index (χ2v) is 10.1. The van der Waals surface area contributed by atoms with E-state index in [9.17, 15) is 13.2 Å². The lowest BCUT2D eigenvalue weighted by Gasteiger charge is -2.12. The molecule has 1 heterocycles. The van der Waals surface area contributed by atoms with Crippen LogP contribution >= 0.6 is 0 Å². The molecule has 1 amide bonds. The Hall–Kier alpha value is -3.43. The summed E-state index contributed by atoms with van der Waals surface area (Å²) in [5, 5.41) is 2.80. The minimum atomic E-state index is -3.78. The molecular weight excluding hydrogens is 466 g/mol. The van der Waals surface area contributed by atoms with Gasteiger partial charge in [-0.1, -0.05) is 32.0 Å². The fraction of sp³-hybridized carbons (Fsp3) is 0.308. The molecule has 0 aliphatic carbocycles. The molecule has 0 spiro atoms. The van der Waals surface area contributed by atoms with E-state index < -0.39 is 10.0 Å². The number of hydrogen-bond donors (Lipinski definition) is 2. The van der Waals surface area contributed by atoms with Crippen LogP contribution in [-0.2, 0) is 21.2 Å². The summed E-state index contributed by atoms with van der Waals surface area (Å²) < 4.78 is 39.1. The van der Waals surface area contributed by atoms with Gasteiger partial charge in [-0.25, -0.2) is 13.4 Å². The van der Waals surface area contributed by atoms with E-state index >= 15 is 0 Å². The maximum atomic E-state index is 12.9. The van der Waals surface area contributed by atoms with Gasteiger partial charge >= 0.3 is 0 Å². The van der Waals surface area contributed by atoms with Gasteiger partial charge in [-0.15, -0.1) is 0 Å². The van der Waals surface area contributed by atoms with Crippen LogP contribution in [0.3, 0.4) is 0 Å². The zero-order valence-corrected chi connectivity index (χ0v) is 21.0. The van der Waals surface area contributed by atoms with Gasteiger partial charge in [-0.3, -0.25) is 9.52 Å². The second-order valence-electron chi connectivity index (χ2n) is 8.44. The Labute approximate surface area is 206 Å². The van der Waals surface area contributed by atoms with Gasteiger partial charge in [0, 0.05) is 32.5 Å². The molecule has 35 heavy (non-hydrogen) atoms. The van der Waals surface area contributed by atoms with Gasteiger partial charge in [0.05, 0.1) is 10.6 Å². The van der Waals surface area contributed by atoms with Crippen LogP contribution < -0.4 is 14.8 Å². The first-order valence-electron chi connectivity index (χ1n) is 11.4. The molecule has 0 atom stereocenters. The van der Waals surface area contributed by atoms with E-state index in [4.69, 9.17) is 9.47 Å². The van der Waals surface area contributed by atoms with Crippen molar-refractivity contribution in [3.05, 3.63) is 78.0 Å². The van der Waals surface area contributed by atoms with Crippen LogP contribution in [0.15, 0.2) is 71.8 Å². The maximum absolute atomic E-state index is 12.9. The SMILES string of the molecule is COCCCNC(=O)c1cccnc1Oc1cccc(NS(=O)(=O)c2ccc(CC(C)C)cc2)c1. The number of nitrogens with zero attached hydrogens (tertiary/aromatic N) is 1. The quantitative estimate of drug-likeness (QED) is 0.353. The summed E-state index contributed by atoms with van der Waals surface area (Å²) in [6.07, 6.45) is 3.09. The fourth-order valence-corrected chi connectivity index (χ4v) is 4.43. The number of methoxy groups -OCH3 is 1. The number of hydrogen-bond acceptors (Lipinski definition) is 6. The number of sulfonamides is 1. The minimum Gasteiger partial charge on any atom is -0.438 e. The normalized spacial score (nSPS) is 11.3. The van der Waals surface area contributed by atoms with Crippen LogP contribution in [-0.4, -0.2) is 39.6 Å². The number of benzene rings is 2. The van der Waals surface area contributed by atoms with Gasteiger partial charge < -0.3 is 14.8 Å². The van der Waals surface area contributed by atoms with E-state index in [1.165, 1.54) is 6.20 Å². The lowest BCUT2D eigenvalue weighted by atomic mass is 10.0. The van der Waals surface area contributed by atoms with Crippen molar-refractivity contribution in [3.63, 3.8) is 0 Å². The van der Waals surface area contributed by atoms with Crippen LogP contribution in [0.25, 0.3) is 0 Å². The van der Waals surface area contributed by atoms with Crippen molar-refractivity contribution in [2.24, 2.45) is 5.92 Å². The highest BCUT2D eigenvalue weighted by atomic mass is 32.2. The van der Waals surface area contributed by atoms with Crippen molar-refractivity contribution in [3.8, 4) is 11.6 Å². The number of anilines is 1. The van der Waals surface area contributed by atoms with Crippen molar-refractivity contribution >= 4 is 21.6 Å². The number of carbonyl (C=O) groups excluding carboxylic acids is 1. The Bertz CT molecular complexity index is 1230. The minimum absolute atomic E-state index is 0.123. The van der Waals surface area contributed by atoms with Crippen molar-refractivity contribution < 1.29 is 22.7 Å². The summed E-state index contributed by atoms with van der Waals surface area (Å²) in [6, 6.07) is 16.6. The van der Waals surface area contributed by atoms with Crippen molar-refractivity contribution in [2.75, 3.05) is 25.0 Å². The number of ether oxygens (including phenoxy) is 2. The maximum Gasteiger partial charge on any atom is 0.261 e. The predicted octanol–water partition coefficient (Wildman–Crippen LogP) is 4.64. The molecule has 8 nitrogen and oxygen atoms in total. The first kappa shape index (κ1) is 26.2. The lowest BCUT2D eigenvalue weighted by Crippen LogP contribution is -2.25. The fourth-order valence-electron chi connectivity index (χ4n) is 3.38. The van der Waals surface area contributed by atoms with Gasteiger partial charge in [-0.2, -0.15) is 0 Å². The third-order valence-corrected chi connectivity index (χ3v) is 6.40. The molecule has 2 aromatic carbocycles. The van der Waals surface area contributed by atoms with E-state index in [0.29, 0.717) is 36.9 Å². The predicted molar refractivity (Wildman–Crippen MR) is 135 cm³/mol. The molecule has 0 saturated carbocycles. The first-order valence-corrected chi connectivity index (χ1v) is 12.9. The summed E-state index contributed by atoms with van der Waals surface area (Å²) in [4.78, 5) is 16.9. The van der Waals surface area contributed by atoms with E-state index in [0.717, 1.165) is 12.0 Å². The molecule has 0 aliphatic rings. The first-order chi connectivity index (χ1) is 16.8. The molecule has 186 valence electrons. The van der Waals surface area contributed by atoms with Crippen LogP contribution in [0.2, 0.25) is 0 Å². The Kier molecular flexibility index (Phi) is 9.22. The average molecular weight is 498 g/mol. The summed E-state index contributed by atoms with van der Waals surface area (Å²) >= 11 is 0. The standard InChI is InChI=1S/C26H31N3O5S/c1-19(2)17-20-10-12-23(13-11-20)35(31,32)29-21-7-4-8-22(18-21)34-26-24(9-5-14-28-26)25(30)27-15-6-16-33-3/h4-5,7-14,18-19,29H,6,15-17H2,1-3H3,(H,27,30). The highest BCUT2D eigenvalue weighted by Gasteiger charge is 2.17. The summed E-state index contributed by atoms with van der Waals surface area (Å²) in [7, 11) is -2.18. The van der Waals surface area contributed by atoms with E-state index in [1.807, 2.05) is 12.1 Å². The molecular formula is C26H31N3O5S. The van der Waals surface area contributed by atoms with Crippen LogP contribution in [0.4, 0.5) is 5.69 Å². The van der Waals surface area contributed by atoms with Gasteiger partial charge in [-0.05, 0) is 60.7 Å². The molecule has 0 bridgehead atoms. The van der Waals surface area contributed by atoms with Crippen molar-refractivity contribution in [1.82, 2.24) is 10.3 Å². The van der Waals surface area contributed by atoms with E-state index in [1.54, 1.807) is 55.6 Å². The number of pyridine rings is 1. The zero-order chi connectivity index (χ0) is 25.3. The number of rotatable bonds is 12. The third-order valence-electron chi connectivity index (χ3n) is 5.00. The van der Waals surface area contributed by atoms with Crippen molar-refractivity contribution in [2.45, 2.75) is 31.6 Å². The van der Waals surface area contributed by atoms with Crippen LogP contribution in [0, 0.1) is 5.92 Å². The van der Waals surface area contributed by atoms with Gasteiger partial charge in [0.2, 0.25) is 5.88 Å². The molecule has 3 rings (SSSR count). The summed E-state index contributed by atoms with van der Waals surface area (Å²) in [5.41, 5.74) is 1.69.